The molecule has 284 valence electrons. The molecule has 0 aromatic heterocycles. The van der Waals surface area contributed by atoms with Crippen LogP contribution in [0.2, 0.25) is 0 Å². The number of carbonyl (C=O) groups is 3. The van der Waals surface area contributed by atoms with Gasteiger partial charge in [0.2, 0.25) is 0 Å². The van der Waals surface area contributed by atoms with Gasteiger partial charge in [-0.3, -0.25) is 14.5 Å². The van der Waals surface area contributed by atoms with Crippen molar-refractivity contribution in [2.75, 3.05) is 132 Å². The highest BCUT2D eigenvalue weighted by Crippen LogP contribution is 2.21. The minimum Gasteiger partial charge on any atom is -0.445 e. The number of hydrogen-bond acceptors (Lipinski definition) is 13. The third kappa shape index (κ3) is 19.1. The molecule has 15 heteroatoms. The van der Waals surface area contributed by atoms with Crippen LogP contribution in [0.15, 0.2) is 54.6 Å². The second-order valence-electron chi connectivity index (χ2n) is 10.8. The summed E-state index contributed by atoms with van der Waals surface area (Å²) in [5.74, 6) is -0.564. The highest BCUT2D eigenvalue weighted by molar-refractivity contribution is 6.21. The number of benzene rings is 2. The van der Waals surface area contributed by atoms with Crippen LogP contribution >= 0.6 is 0 Å². The van der Waals surface area contributed by atoms with Gasteiger partial charge in [-0.15, -0.1) is 0 Å². The average molecular weight is 721 g/mol. The van der Waals surface area contributed by atoms with Crippen LogP contribution in [0.25, 0.3) is 0 Å². The van der Waals surface area contributed by atoms with Crippen LogP contribution in [-0.2, 0) is 54.0 Å². The topological polar surface area (TPSA) is 159 Å². The molecule has 3 rings (SSSR count). The maximum absolute atomic E-state index is 12.3. The van der Waals surface area contributed by atoms with Gasteiger partial charge in [-0.1, -0.05) is 42.5 Å². The highest BCUT2D eigenvalue weighted by atomic mass is 16.6. The Bertz CT molecular complexity index is 1190. The number of alkyl carbamates (subject to hydrolysis) is 1. The maximum atomic E-state index is 12.3. The van der Waals surface area contributed by atoms with Gasteiger partial charge in [0, 0.05) is 6.54 Å². The molecule has 51 heavy (non-hydrogen) atoms. The third-order valence-electron chi connectivity index (χ3n) is 7.04. The fourth-order valence-corrected chi connectivity index (χ4v) is 4.46. The number of amides is 3. The lowest BCUT2D eigenvalue weighted by Crippen LogP contribution is -2.33. The zero-order chi connectivity index (χ0) is 36.0. The molecule has 0 unspecified atom stereocenters. The maximum Gasteiger partial charge on any atom is 0.407 e. The van der Waals surface area contributed by atoms with Crippen LogP contribution in [0.1, 0.15) is 26.3 Å². The highest BCUT2D eigenvalue weighted by Gasteiger charge is 2.34. The Balaban J connectivity index is 0.927. The normalized spacial score (nSPS) is 12.4. The summed E-state index contributed by atoms with van der Waals surface area (Å²) in [5, 5.41) is 2.64. The van der Waals surface area contributed by atoms with Crippen molar-refractivity contribution in [1.82, 2.24) is 10.2 Å². The number of hydrogen-bond donors (Lipinski definition) is 1. The van der Waals surface area contributed by atoms with Crippen LogP contribution in [0.4, 0.5) is 4.79 Å². The second-order valence-corrected chi connectivity index (χ2v) is 10.8. The van der Waals surface area contributed by atoms with Crippen LogP contribution in [0.3, 0.4) is 0 Å². The van der Waals surface area contributed by atoms with E-state index in [0.717, 1.165) is 5.56 Å². The zero-order valence-corrected chi connectivity index (χ0v) is 29.3. The van der Waals surface area contributed by atoms with E-state index in [-0.39, 0.29) is 31.6 Å². The Morgan fingerprint density at radius 1 is 0.471 bits per heavy atom. The summed E-state index contributed by atoms with van der Waals surface area (Å²) < 4.78 is 54.3. The minimum absolute atomic E-state index is 0.209. The molecule has 1 heterocycles. The van der Waals surface area contributed by atoms with E-state index < -0.39 is 6.09 Å². The van der Waals surface area contributed by atoms with Gasteiger partial charge in [-0.25, -0.2) is 4.79 Å². The van der Waals surface area contributed by atoms with Crippen LogP contribution in [0.5, 0.6) is 0 Å². The molecule has 0 radical (unpaired) electrons. The Labute approximate surface area is 299 Å². The van der Waals surface area contributed by atoms with E-state index in [1.54, 1.807) is 24.3 Å². The van der Waals surface area contributed by atoms with Gasteiger partial charge < -0.3 is 52.7 Å². The van der Waals surface area contributed by atoms with E-state index in [0.29, 0.717) is 130 Å². The minimum atomic E-state index is -0.476. The first-order chi connectivity index (χ1) is 25.2. The van der Waals surface area contributed by atoms with E-state index in [1.165, 1.54) is 4.90 Å². The summed E-state index contributed by atoms with van der Waals surface area (Å²) in [6.45, 7) is 8.54. The summed E-state index contributed by atoms with van der Waals surface area (Å²) in [6, 6.07) is 16.3. The van der Waals surface area contributed by atoms with Gasteiger partial charge in [0.25, 0.3) is 11.8 Å². The van der Waals surface area contributed by atoms with Crippen molar-refractivity contribution in [3.63, 3.8) is 0 Å². The van der Waals surface area contributed by atoms with Gasteiger partial charge in [-0.05, 0) is 17.7 Å². The SMILES string of the molecule is O=C(NCCOCCOCCOCCOCCOCCOCCOCCOCCOCCN1C(=O)c2ccccc2C1=O)OCc1ccccc1. The number of nitrogens with zero attached hydrogens (tertiary/aromatic N) is 1. The molecule has 1 N–H and O–H groups in total. The Morgan fingerprint density at radius 3 is 1.24 bits per heavy atom. The molecule has 0 saturated heterocycles. The molecule has 15 nitrogen and oxygen atoms in total. The molecule has 2 aromatic carbocycles. The van der Waals surface area contributed by atoms with E-state index in [9.17, 15) is 14.4 Å². The Morgan fingerprint density at radius 2 is 0.824 bits per heavy atom. The lowest BCUT2D eigenvalue weighted by molar-refractivity contribution is -0.0251. The first kappa shape index (κ1) is 41.9. The fraction of sp³-hybridized carbons (Fsp3) is 0.583. The van der Waals surface area contributed by atoms with Crippen molar-refractivity contribution >= 4 is 17.9 Å². The van der Waals surface area contributed by atoms with Crippen LogP contribution in [-0.4, -0.2) is 155 Å². The molecule has 3 amide bonds. The third-order valence-corrected chi connectivity index (χ3v) is 7.04. The molecule has 0 atom stereocenters. The molecular formula is C36H52N2O13. The molecule has 1 aliphatic rings. The summed E-state index contributed by atoms with van der Waals surface area (Å²) >= 11 is 0. The second kappa shape index (κ2) is 28.1. The number of imide groups is 1. The van der Waals surface area contributed by atoms with Gasteiger partial charge in [0.15, 0.2) is 0 Å². The first-order valence-electron chi connectivity index (χ1n) is 17.3. The molecule has 0 saturated carbocycles. The van der Waals surface area contributed by atoms with E-state index in [1.807, 2.05) is 30.3 Å². The molecule has 2 aromatic rings. The standard InChI is InChI=1S/C36H52N2O13/c39-34-32-8-4-5-9-33(32)35(40)38(34)11-13-43-15-17-45-19-21-47-23-25-49-27-29-50-28-26-48-24-22-46-20-18-44-16-14-42-12-10-37-36(41)51-30-31-6-2-1-3-7-31/h1-9H,10-30H2,(H,37,41). The summed E-state index contributed by atoms with van der Waals surface area (Å²) in [7, 11) is 0. The van der Waals surface area contributed by atoms with Gasteiger partial charge in [-0.2, -0.15) is 0 Å². The predicted molar refractivity (Wildman–Crippen MR) is 184 cm³/mol. The first-order valence-corrected chi connectivity index (χ1v) is 17.3. The van der Waals surface area contributed by atoms with Crippen molar-refractivity contribution < 1.29 is 61.8 Å². The van der Waals surface area contributed by atoms with Crippen molar-refractivity contribution in [1.29, 1.82) is 0 Å². The van der Waals surface area contributed by atoms with E-state index in [4.69, 9.17) is 47.4 Å². The van der Waals surface area contributed by atoms with Crippen molar-refractivity contribution in [2.45, 2.75) is 6.61 Å². The Kier molecular flexibility index (Phi) is 23.1. The smallest absolute Gasteiger partial charge is 0.407 e. The largest absolute Gasteiger partial charge is 0.445 e. The van der Waals surface area contributed by atoms with Gasteiger partial charge in [0.1, 0.15) is 6.61 Å². The van der Waals surface area contributed by atoms with Crippen LogP contribution < -0.4 is 5.32 Å². The lowest BCUT2D eigenvalue weighted by atomic mass is 10.1. The van der Waals surface area contributed by atoms with E-state index >= 15 is 0 Å². The van der Waals surface area contributed by atoms with Crippen molar-refractivity contribution in [2.24, 2.45) is 0 Å². The van der Waals surface area contributed by atoms with Crippen molar-refractivity contribution in [3.8, 4) is 0 Å². The molecule has 0 fully saturated rings. The van der Waals surface area contributed by atoms with Crippen LogP contribution in [0, 0.1) is 0 Å². The molecule has 0 bridgehead atoms. The number of ether oxygens (including phenoxy) is 10. The molecule has 1 aliphatic heterocycles. The summed E-state index contributed by atoms with van der Waals surface area (Å²) in [4.78, 5) is 37.5. The number of rotatable bonds is 32. The predicted octanol–water partition coefficient (Wildman–Crippen LogP) is 2.36. The number of fused-ring (bicyclic) bond motifs is 1. The lowest BCUT2D eigenvalue weighted by Gasteiger charge is -2.13. The average Bonchev–Trinajstić information content (AvgIpc) is 3.40. The fourth-order valence-electron chi connectivity index (χ4n) is 4.46. The monoisotopic (exact) mass is 720 g/mol. The van der Waals surface area contributed by atoms with Gasteiger partial charge >= 0.3 is 6.09 Å². The zero-order valence-electron chi connectivity index (χ0n) is 29.3. The quantitative estimate of drug-likeness (QED) is 0.0869. The molecule has 0 aliphatic carbocycles. The van der Waals surface area contributed by atoms with Gasteiger partial charge in [0.05, 0.1) is 137 Å². The van der Waals surface area contributed by atoms with E-state index in [2.05, 4.69) is 5.32 Å². The molecule has 0 spiro atoms. The Hall–Kier alpha value is -3.51. The number of carbonyl (C=O) groups excluding carboxylic acids is 3. The number of nitrogens with one attached hydrogen (secondary N) is 1. The summed E-state index contributed by atoms with van der Waals surface area (Å²) in [6.07, 6.45) is -0.476. The summed E-state index contributed by atoms with van der Waals surface area (Å²) in [5.41, 5.74) is 1.81. The van der Waals surface area contributed by atoms with Crippen molar-refractivity contribution in [3.05, 3.63) is 71.3 Å². The molecular weight excluding hydrogens is 668 g/mol.